The van der Waals surface area contributed by atoms with Crippen LogP contribution in [0.2, 0.25) is 0 Å². The van der Waals surface area contributed by atoms with Crippen molar-refractivity contribution in [2.45, 2.75) is 25.0 Å². The first-order valence-electron chi connectivity index (χ1n) is 11.5. The molecule has 1 fully saturated rings. The van der Waals surface area contributed by atoms with Gasteiger partial charge in [0.05, 0.1) is 13.2 Å². The van der Waals surface area contributed by atoms with E-state index in [1.54, 1.807) is 24.3 Å². The van der Waals surface area contributed by atoms with Crippen molar-refractivity contribution in [3.8, 4) is 11.1 Å². The fourth-order valence-electron chi connectivity index (χ4n) is 4.02. The summed E-state index contributed by atoms with van der Waals surface area (Å²) in [5, 5.41) is 0. The summed E-state index contributed by atoms with van der Waals surface area (Å²) in [6.07, 6.45) is 0.887. The Balaban J connectivity index is 1.28. The molecule has 0 radical (unpaired) electrons. The van der Waals surface area contributed by atoms with E-state index in [-0.39, 0.29) is 23.3 Å². The van der Waals surface area contributed by atoms with Crippen LogP contribution in [0, 0.1) is 17.5 Å². The Labute approximate surface area is 206 Å². The van der Waals surface area contributed by atoms with Gasteiger partial charge in [0.2, 0.25) is 0 Å². The number of methoxy groups -OCH3 is 1. The van der Waals surface area contributed by atoms with Gasteiger partial charge in [-0.2, -0.15) is 0 Å². The smallest absolute Gasteiger partial charge is 0.194 e. The molecule has 3 aromatic rings. The molecule has 0 unspecified atom stereocenters. The zero-order valence-corrected chi connectivity index (χ0v) is 19.6. The van der Waals surface area contributed by atoms with Crippen LogP contribution in [-0.2, 0) is 20.6 Å². The highest BCUT2D eigenvalue weighted by atomic mass is 19.2. The Morgan fingerprint density at radius 3 is 2.06 bits per heavy atom. The molecule has 190 valence electrons. The van der Waals surface area contributed by atoms with Gasteiger partial charge in [-0.15, -0.1) is 0 Å². The molecular formula is C28H25F5O3. The first-order valence-corrected chi connectivity index (χ1v) is 11.5. The average Bonchev–Trinajstić information content (AvgIpc) is 2.90. The van der Waals surface area contributed by atoms with Gasteiger partial charge in [-0.1, -0.05) is 48.5 Å². The molecule has 0 aromatic heterocycles. The summed E-state index contributed by atoms with van der Waals surface area (Å²) < 4.78 is 84.1. The first-order chi connectivity index (χ1) is 17.4. The predicted octanol–water partition coefficient (Wildman–Crippen LogP) is 7.11. The highest BCUT2D eigenvalue weighted by Crippen LogP contribution is 2.28. The number of ether oxygens (including phenoxy) is 3. The summed E-state index contributed by atoms with van der Waals surface area (Å²) in [7, 11) is 1.30. The van der Waals surface area contributed by atoms with Gasteiger partial charge < -0.3 is 14.2 Å². The Bertz CT molecular complexity index is 1180. The molecule has 36 heavy (non-hydrogen) atoms. The molecule has 1 saturated heterocycles. The summed E-state index contributed by atoms with van der Waals surface area (Å²) in [5.74, 6) is -5.86. The van der Waals surface area contributed by atoms with Gasteiger partial charge in [0.1, 0.15) is 6.61 Å². The molecule has 0 spiro atoms. The average molecular weight is 504 g/mol. The van der Waals surface area contributed by atoms with Crippen LogP contribution >= 0.6 is 0 Å². The Kier molecular flexibility index (Phi) is 8.51. The van der Waals surface area contributed by atoms with Crippen molar-refractivity contribution in [2.75, 3.05) is 26.9 Å². The lowest BCUT2D eigenvalue weighted by atomic mass is 9.98. The molecule has 0 saturated carbocycles. The van der Waals surface area contributed by atoms with Crippen LogP contribution in [0.3, 0.4) is 0 Å². The maximum atomic E-state index is 14.1. The second kappa shape index (κ2) is 11.8. The molecule has 0 amide bonds. The molecule has 3 aromatic carbocycles. The fraction of sp³-hybridized carbons (Fsp3) is 0.286. The SMILES string of the molecule is COC/C(F)=C(\F)c1ccc(C2COC(CCc3ccc(-c4cc(F)c(F)c(F)c4)cc3)OC2)cc1. The number of hydrogen-bond donors (Lipinski definition) is 0. The molecule has 1 heterocycles. The number of aryl methyl sites for hydroxylation is 1. The maximum Gasteiger partial charge on any atom is 0.194 e. The van der Waals surface area contributed by atoms with Crippen molar-refractivity contribution in [2.24, 2.45) is 0 Å². The number of rotatable bonds is 8. The standard InChI is InChI=1S/C28H25F5O3/c1-34-16-25(31)27(32)20-9-7-19(8-10-20)22-14-35-26(36-15-22)11-4-17-2-5-18(6-3-17)21-12-23(29)28(33)24(30)13-21/h2-3,5-10,12-13,22,26H,4,11,14-16H2,1H3/b27-25+. The number of hydrogen-bond acceptors (Lipinski definition) is 3. The van der Waals surface area contributed by atoms with E-state index in [2.05, 4.69) is 4.74 Å². The number of halogens is 5. The van der Waals surface area contributed by atoms with Crippen LogP contribution in [0.25, 0.3) is 17.0 Å². The summed E-state index contributed by atoms with van der Waals surface area (Å²) in [4.78, 5) is 0. The van der Waals surface area contributed by atoms with Crippen molar-refractivity contribution in [1.29, 1.82) is 0 Å². The van der Waals surface area contributed by atoms with Crippen molar-refractivity contribution in [3.05, 3.63) is 101 Å². The Morgan fingerprint density at radius 2 is 1.47 bits per heavy atom. The van der Waals surface area contributed by atoms with Crippen LogP contribution in [0.1, 0.15) is 29.0 Å². The second-order valence-electron chi connectivity index (χ2n) is 8.56. The molecule has 1 aliphatic rings. The highest BCUT2D eigenvalue weighted by molar-refractivity contribution is 5.64. The second-order valence-corrected chi connectivity index (χ2v) is 8.56. The molecule has 0 bridgehead atoms. The molecule has 3 nitrogen and oxygen atoms in total. The van der Waals surface area contributed by atoms with Gasteiger partial charge in [-0.25, -0.2) is 22.0 Å². The lowest BCUT2D eigenvalue weighted by Gasteiger charge is -2.29. The molecule has 8 heteroatoms. The fourth-order valence-corrected chi connectivity index (χ4v) is 4.02. The van der Waals surface area contributed by atoms with Crippen molar-refractivity contribution in [1.82, 2.24) is 0 Å². The minimum Gasteiger partial charge on any atom is -0.377 e. The van der Waals surface area contributed by atoms with Gasteiger partial charge >= 0.3 is 0 Å². The summed E-state index contributed by atoms with van der Waals surface area (Å²) in [6, 6.07) is 15.6. The minimum atomic E-state index is -1.48. The van der Waals surface area contributed by atoms with Crippen molar-refractivity contribution < 1.29 is 36.2 Å². The Morgan fingerprint density at radius 1 is 0.861 bits per heavy atom. The third kappa shape index (κ3) is 6.19. The molecule has 0 aliphatic carbocycles. The molecule has 4 rings (SSSR count). The van der Waals surface area contributed by atoms with Gasteiger partial charge in [-0.3, -0.25) is 0 Å². The van der Waals surface area contributed by atoms with E-state index >= 15 is 0 Å². The van der Waals surface area contributed by atoms with E-state index < -0.39 is 35.7 Å². The Hall–Kier alpha value is -3.07. The van der Waals surface area contributed by atoms with Crippen LogP contribution in [0.4, 0.5) is 22.0 Å². The van der Waals surface area contributed by atoms with E-state index in [9.17, 15) is 22.0 Å². The van der Waals surface area contributed by atoms with Gasteiger partial charge in [0, 0.05) is 25.0 Å². The molecule has 0 N–H and O–H groups in total. The quantitative estimate of drug-likeness (QED) is 0.242. The van der Waals surface area contributed by atoms with E-state index in [0.717, 1.165) is 23.3 Å². The van der Waals surface area contributed by atoms with Crippen LogP contribution in [0.15, 0.2) is 66.5 Å². The first kappa shape index (κ1) is 26.0. The topological polar surface area (TPSA) is 27.7 Å². The predicted molar refractivity (Wildman–Crippen MR) is 126 cm³/mol. The molecule has 0 atom stereocenters. The molecule has 1 aliphatic heterocycles. The van der Waals surface area contributed by atoms with Gasteiger partial charge in [0.15, 0.2) is 35.4 Å². The largest absolute Gasteiger partial charge is 0.377 e. The van der Waals surface area contributed by atoms with E-state index in [0.29, 0.717) is 31.6 Å². The van der Waals surface area contributed by atoms with Gasteiger partial charge in [-0.05, 0) is 40.8 Å². The van der Waals surface area contributed by atoms with Crippen molar-refractivity contribution in [3.63, 3.8) is 0 Å². The third-order valence-electron chi connectivity index (χ3n) is 6.05. The van der Waals surface area contributed by atoms with Crippen LogP contribution in [0.5, 0.6) is 0 Å². The zero-order chi connectivity index (χ0) is 25.7. The molecular weight excluding hydrogens is 479 g/mol. The summed E-state index contributed by atoms with van der Waals surface area (Å²) >= 11 is 0. The van der Waals surface area contributed by atoms with Crippen LogP contribution in [-0.4, -0.2) is 33.2 Å². The lowest BCUT2D eigenvalue weighted by Crippen LogP contribution is -2.31. The van der Waals surface area contributed by atoms with E-state index in [1.165, 1.54) is 19.2 Å². The normalized spacial score (nSPS) is 18.7. The monoisotopic (exact) mass is 504 g/mol. The highest BCUT2D eigenvalue weighted by Gasteiger charge is 2.23. The third-order valence-corrected chi connectivity index (χ3v) is 6.05. The van der Waals surface area contributed by atoms with E-state index in [4.69, 9.17) is 9.47 Å². The van der Waals surface area contributed by atoms with Crippen molar-refractivity contribution >= 4 is 5.83 Å². The van der Waals surface area contributed by atoms with Crippen LogP contribution < -0.4 is 0 Å². The van der Waals surface area contributed by atoms with E-state index in [1.807, 2.05) is 12.1 Å². The number of benzene rings is 3. The lowest BCUT2D eigenvalue weighted by molar-refractivity contribution is -0.189. The zero-order valence-electron chi connectivity index (χ0n) is 19.6. The summed E-state index contributed by atoms with van der Waals surface area (Å²) in [6.45, 7) is 0.444. The minimum absolute atomic E-state index is 0.0260. The maximum absolute atomic E-state index is 14.1. The summed E-state index contributed by atoms with van der Waals surface area (Å²) in [5.41, 5.74) is 2.87. The van der Waals surface area contributed by atoms with Gasteiger partial charge in [0.25, 0.3) is 0 Å².